The van der Waals surface area contributed by atoms with Crippen molar-refractivity contribution >= 4 is 0 Å². The smallest absolute Gasteiger partial charge is 0.328 e. The number of rotatable bonds is 1. The van der Waals surface area contributed by atoms with E-state index in [9.17, 15) is 9.59 Å². The summed E-state index contributed by atoms with van der Waals surface area (Å²) in [4.78, 5) is 24.9. The van der Waals surface area contributed by atoms with Crippen LogP contribution in [0, 0.1) is 11.3 Å². The zero-order valence-corrected chi connectivity index (χ0v) is 8.77. The highest BCUT2D eigenvalue weighted by Crippen LogP contribution is 2.23. The van der Waals surface area contributed by atoms with Crippen LogP contribution in [0.25, 0.3) is 0 Å². The van der Waals surface area contributed by atoms with Crippen LogP contribution in [0.3, 0.4) is 0 Å². The first-order chi connectivity index (χ1) is 7.63. The molecule has 0 aromatic carbocycles. The van der Waals surface area contributed by atoms with Crippen LogP contribution in [0.1, 0.15) is 24.9 Å². The first-order valence-electron chi connectivity index (χ1n) is 5.00. The van der Waals surface area contributed by atoms with Gasteiger partial charge in [-0.15, -0.1) is 0 Å². The van der Waals surface area contributed by atoms with Crippen molar-refractivity contribution in [3.05, 3.63) is 32.6 Å². The lowest BCUT2D eigenvalue weighted by Gasteiger charge is -2.16. The Kier molecular flexibility index (Phi) is 2.62. The van der Waals surface area contributed by atoms with Crippen molar-refractivity contribution in [2.45, 2.75) is 25.5 Å². The molecule has 1 aliphatic heterocycles. The van der Waals surface area contributed by atoms with E-state index in [1.807, 2.05) is 6.92 Å². The van der Waals surface area contributed by atoms with E-state index in [-0.39, 0.29) is 17.7 Å². The molecule has 2 atom stereocenters. The average molecular weight is 221 g/mol. The van der Waals surface area contributed by atoms with Gasteiger partial charge in [0.2, 0.25) is 0 Å². The summed E-state index contributed by atoms with van der Waals surface area (Å²) >= 11 is 0. The van der Waals surface area contributed by atoms with Crippen molar-refractivity contribution in [1.82, 2.24) is 9.55 Å². The summed E-state index contributed by atoms with van der Waals surface area (Å²) < 4.78 is 6.72. The quantitative estimate of drug-likeness (QED) is 0.708. The number of aromatic amines is 1. The molecule has 0 bridgehead atoms. The molecule has 0 saturated carbocycles. The topological polar surface area (TPSA) is 87.9 Å². The third kappa shape index (κ3) is 1.66. The molecule has 84 valence electrons. The normalized spacial score (nSPS) is 24.2. The Bertz CT molecular complexity index is 552. The third-order valence-electron chi connectivity index (χ3n) is 2.78. The molecule has 0 spiro atoms. The molecule has 0 aliphatic carbocycles. The molecule has 2 heterocycles. The van der Waals surface area contributed by atoms with Gasteiger partial charge in [0.15, 0.2) is 0 Å². The standard InChI is InChI=1S/C10H11N3O3/c1-6-8(2-3-16-6)13-5-7(4-11)9(14)12-10(13)15/h5-6,8H,2-3H2,1H3,(H,12,14,15). The Labute approximate surface area is 91.1 Å². The van der Waals surface area contributed by atoms with Gasteiger partial charge in [0.1, 0.15) is 11.6 Å². The van der Waals surface area contributed by atoms with Crippen LogP contribution in [0.4, 0.5) is 0 Å². The lowest BCUT2D eigenvalue weighted by molar-refractivity contribution is 0.106. The molecule has 1 N–H and O–H groups in total. The van der Waals surface area contributed by atoms with Crippen LogP contribution in [-0.4, -0.2) is 22.3 Å². The summed E-state index contributed by atoms with van der Waals surface area (Å²) in [5, 5.41) is 8.73. The zero-order chi connectivity index (χ0) is 11.7. The van der Waals surface area contributed by atoms with Gasteiger partial charge in [-0.05, 0) is 13.3 Å². The Balaban J connectivity index is 2.53. The second-order valence-electron chi connectivity index (χ2n) is 3.75. The van der Waals surface area contributed by atoms with Crippen molar-refractivity contribution < 1.29 is 4.74 Å². The van der Waals surface area contributed by atoms with E-state index in [1.54, 1.807) is 6.07 Å². The van der Waals surface area contributed by atoms with E-state index in [1.165, 1.54) is 10.8 Å². The molecule has 16 heavy (non-hydrogen) atoms. The van der Waals surface area contributed by atoms with Crippen LogP contribution < -0.4 is 11.2 Å². The molecule has 2 unspecified atom stereocenters. The van der Waals surface area contributed by atoms with Crippen molar-refractivity contribution in [1.29, 1.82) is 5.26 Å². The van der Waals surface area contributed by atoms with Crippen LogP contribution in [0.2, 0.25) is 0 Å². The second-order valence-corrected chi connectivity index (χ2v) is 3.75. The van der Waals surface area contributed by atoms with E-state index in [0.717, 1.165) is 0 Å². The summed E-state index contributed by atoms with van der Waals surface area (Å²) in [6.07, 6.45) is 1.92. The second kappa shape index (κ2) is 3.94. The van der Waals surface area contributed by atoms with E-state index in [4.69, 9.17) is 10.00 Å². The number of nitrogens with one attached hydrogen (secondary N) is 1. The fourth-order valence-electron chi connectivity index (χ4n) is 1.90. The van der Waals surface area contributed by atoms with E-state index >= 15 is 0 Å². The first-order valence-corrected chi connectivity index (χ1v) is 5.00. The maximum Gasteiger partial charge on any atom is 0.328 e. The van der Waals surface area contributed by atoms with Gasteiger partial charge in [-0.3, -0.25) is 14.3 Å². The molecule has 6 heteroatoms. The molecule has 1 aromatic rings. The fourth-order valence-corrected chi connectivity index (χ4v) is 1.90. The molecular weight excluding hydrogens is 210 g/mol. The predicted molar refractivity (Wildman–Crippen MR) is 55.1 cm³/mol. The Morgan fingerprint density at radius 1 is 1.62 bits per heavy atom. The number of nitrogens with zero attached hydrogens (tertiary/aromatic N) is 2. The molecule has 2 rings (SSSR count). The third-order valence-corrected chi connectivity index (χ3v) is 2.78. The molecule has 1 aromatic heterocycles. The monoisotopic (exact) mass is 221 g/mol. The highest BCUT2D eigenvalue weighted by molar-refractivity contribution is 5.22. The van der Waals surface area contributed by atoms with Gasteiger partial charge in [0.05, 0.1) is 12.1 Å². The van der Waals surface area contributed by atoms with Crippen molar-refractivity contribution in [2.24, 2.45) is 0 Å². The van der Waals surface area contributed by atoms with Crippen LogP contribution in [0.15, 0.2) is 15.8 Å². The summed E-state index contributed by atoms with van der Waals surface area (Å²) in [6.45, 7) is 2.44. The summed E-state index contributed by atoms with van der Waals surface area (Å²) in [5.41, 5.74) is -1.19. The fraction of sp³-hybridized carbons (Fsp3) is 0.500. The summed E-state index contributed by atoms with van der Waals surface area (Å²) in [5.74, 6) is 0. The van der Waals surface area contributed by atoms with Gasteiger partial charge in [-0.25, -0.2) is 4.79 Å². The maximum absolute atomic E-state index is 11.6. The number of H-pyrrole nitrogens is 1. The van der Waals surface area contributed by atoms with Gasteiger partial charge < -0.3 is 4.74 Å². The van der Waals surface area contributed by atoms with Crippen LogP contribution >= 0.6 is 0 Å². The van der Waals surface area contributed by atoms with E-state index in [2.05, 4.69) is 4.98 Å². The Morgan fingerprint density at radius 3 is 2.94 bits per heavy atom. The van der Waals surface area contributed by atoms with Crippen LogP contribution in [0.5, 0.6) is 0 Å². The largest absolute Gasteiger partial charge is 0.376 e. The number of ether oxygens (including phenoxy) is 1. The highest BCUT2D eigenvalue weighted by atomic mass is 16.5. The maximum atomic E-state index is 11.6. The van der Waals surface area contributed by atoms with Gasteiger partial charge in [-0.2, -0.15) is 5.26 Å². The first kappa shape index (κ1) is 10.6. The molecule has 1 fully saturated rings. The Morgan fingerprint density at radius 2 is 2.38 bits per heavy atom. The van der Waals surface area contributed by atoms with Gasteiger partial charge in [0.25, 0.3) is 5.56 Å². The van der Waals surface area contributed by atoms with Gasteiger partial charge >= 0.3 is 5.69 Å². The number of hydrogen-bond acceptors (Lipinski definition) is 4. The number of nitriles is 1. The lowest BCUT2D eigenvalue weighted by Crippen LogP contribution is -2.35. The van der Waals surface area contributed by atoms with Gasteiger partial charge in [-0.1, -0.05) is 0 Å². The minimum Gasteiger partial charge on any atom is -0.376 e. The molecule has 0 radical (unpaired) electrons. The Hall–Kier alpha value is -1.87. The van der Waals surface area contributed by atoms with E-state index in [0.29, 0.717) is 13.0 Å². The van der Waals surface area contributed by atoms with Gasteiger partial charge in [0, 0.05) is 12.8 Å². The summed E-state index contributed by atoms with van der Waals surface area (Å²) in [6, 6.07) is 1.64. The highest BCUT2D eigenvalue weighted by Gasteiger charge is 2.27. The molecule has 1 aliphatic rings. The number of hydrogen-bond donors (Lipinski definition) is 1. The predicted octanol–water partition coefficient (Wildman–Crippen LogP) is -0.242. The molecule has 6 nitrogen and oxygen atoms in total. The SMILES string of the molecule is CC1OCCC1n1cc(C#N)c(=O)[nH]c1=O. The minimum absolute atomic E-state index is 0.0568. The molecular formula is C10H11N3O3. The van der Waals surface area contributed by atoms with Crippen molar-refractivity contribution in [2.75, 3.05) is 6.61 Å². The van der Waals surface area contributed by atoms with Crippen molar-refractivity contribution in [3.63, 3.8) is 0 Å². The van der Waals surface area contributed by atoms with Crippen molar-refractivity contribution in [3.8, 4) is 6.07 Å². The minimum atomic E-state index is -0.643. The number of aromatic nitrogens is 2. The molecule has 1 saturated heterocycles. The van der Waals surface area contributed by atoms with Crippen LogP contribution in [-0.2, 0) is 4.74 Å². The average Bonchev–Trinajstić information content (AvgIpc) is 2.65. The lowest BCUT2D eigenvalue weighted by atomic mass is 10.1. The zero-order valence-electron chi connectivity index (χ0n) is 8.77. The summed E-state index contributed by atoms with van der Waals surface area (Å²) in [7, 11) is 0. The van der Waals surface area contributed by atoms with E-state index < -0.39 is 11.2 Å². The molecule has 0 amide bonds.